The highest BCUT2D eigenvalue weighted by Crippen LogP contribution is 2.36. The van der Waals surface area contributed by atoms with Crippen LogP contribution >= 0.6 is 0 Å². The summed E-state index contributed by atoms with van der Waals surface area (Å²) in [5.74, 6) is 2.77. The maximum absolute atomic E-state index is 12.9. The molecule has 2 aromatic rings. The Morgan fingerprint density at radius 2 is 2.04 bits per heavy atom. The molecule has 2 heterocycles. The van der Waals surface area contributed by atoms with Crippen LogP contribution in [0.2, 0.25) is 0 Å². The summed E-state index contributed by atoms with van der Waals surface area (Å²) in [6.45, 7) is 4.82. The van der Waals surface area contributed by atoms with E-state index in [2.05, 4.69) is 23.9 Å². The van der Waals surface area contributed by atoms with Crippen molar-refractivity contribution in [1.29, 1.82) is 0 Å². The molecule has 0 saturated heterocycles. The smallest absolute Gasteiger partial charge is 0.336 e. The minimum Gasteiger partial charge on any atom is -0.462 e. The lowest BCUT2D eigenvalue weighted by atomic mass is 10.0. The number of rotatable bonds is 7. The van der Waals surface area contributed by atoms with Crippen LogP contribution in [0.4, 0.5) is 0 Å². The molecule has 7 heteroatoms. The number of hydrogen-bond donors (Lipinski definition) is 0. The van der Waals surface area contributed by atoms with Crippen molar-refractivity contribution in [2.75, 3.05) is 13.4 Å². The molecule has 2 aliphatic rings. The van der Waals surface area contributed by atoms with Crippen molar-refractivity contribution in [1.82, 2.24) is 14.8 Å². The fraction of sp³-hybridized carbons (Fsp3) is 0.571. The van der Waals surface area contributed by atoms with E-state index in [9.17, 15) is 4.79 Å². The number of carbonyl (C=O) groups excluding carboxylic acids is 1. The summed E-state index contributed by atoms with van der Waals surface area (Å²) in [4.78, 5) is 17.4. The molecular formula is C21H27N3O4. The minimum absolute atomic E-state index is 0.0496. The van der Waals surface area contributed by atoms with Crippen LogP contribution in [0.25, 0.3) is 11.4 Å². The van der Waals surface area contributed by atoms with Crippen LogP contribution < -0.4 is 14.2 Å². The van der Waals surface area contributed by atoms with E-state index in [1.165, 1.54) is 30.4 Å². The molecule has 0 unspecified atom stereocenters. The zero-order valence-corrected chi connectivity index (χ0v) is 16.5. The third-order valence-corrected chi connectivity index (χ3v) is 5.24. The molecule has 4 rings (SSSR count). The Morgan fingerprint density at radius 1 is 1.25 bits per heavy atom. The van der Waals surface area contributed by atoms with E-state index in [0.29, 0.717) is 42.2 Å². The van der Waals surface area contributed by atoms with Gasteiger partial charge in [-0.2, -0.15) is 9.67 Å². The van der Waals surface area contributed by atoms with Gasteiger partial charge >= 0.3 is 6.01 Å². The molecule has 1 aromatic heterocycles. The summed E-state index contributed by atoms with van der Waals surface area (Å²) in [7, 11) is 0. The summed E-state index contributed by atoms with van der Waals surface area (Å²) in [5.41, 5.74) is 0.755. The number of ether oxygens (including phenoxy) is 3. The largest absolute Gasteiger partial charge is 0.462 e. The van der Waals surface area contributed by atoms with E-state index in [4.69, 9.17) is 14.2 Å². The molecule has 1 fully saturated rings. The fourth-order valence-corrected chi connectivity index (χ4v) is 3.72. The number of hydrogen-bond acceptors (Lipinski definition) is 6. The Hall–Kier alpha value is -2.57. The molecular weight excluding hydrogens is 358 g/mol. The molecule has 28 heavy (non-hydrogen) atoms. The second kappa shape index (κ2) is 8.20. The molecule has 150 valence electrons. The van der Waals surface area contributed by atoms with Crippen molar-refractivity contribution >= 4 is 5.91 Å². The van der Waals surface area contributed by atoms with Crippen molar-refractivity contribution in [3.05, 3.63) is 18.2 Å². The number of fused-ring (bicyclic) bond motifs is 1. The number of nitrogens with zero attached hydrogens (tertiary/aromatic N) is 3. The van der Waals surface area contributed by atoms with Gasteiger partial charge in [0.05, 0.1) is 6.61 Å². The maximum Gasteiger partial charge on any atom is 0.336 e. The van der Waals surface area contributed by atoms with E-state index < -0.39 is 0 Å². The van der Waals surface area contributed by atoms with E-state index in [1.54, 1.807) is 0 Å². The molecule has 7 nitrogen and oxygen atoms in total. The van der Waals surface area contributed by atoms with Gasteiger partial charge in [0.25, 0.3) is 0 Å². The third kappa shape index (κ3) is 4.13. The molecule has 1 aliphatic carbocycles. The molecule has 0 atom stereocenters. The standard InChI is InChI=1S/C21H27N3O4/c1-14(2)12-26-21-22-20(16-8-9-17-18(11-16)28-13-27-17)24(23-21)19(25)10-7-15-5-3-4-6-15/h8-9,11,14-15H,3-7,10,12-13H2,1-2H3. The van der Waals surface area contributed by atoms with Gasteiger partial charge in [-0.25, -0.2) is 0 Å². The van der Waals surface area contributed by atoms with Crippen LogP contribution in [0.1, 0.15) is 57.2 Å². The van der Waals surface area contributed by atoms with Crippen molar-refractivity contribution < 1.29 is 19.0 Å². The minimum atomic E-state index is -0.0496. The summed E-state index contributed by atoms with van der Waals surface area (Å²) in [6.07, 6.45) is 6.37. The van der Waals surface area contributed by atoms with E-state index in [1.807, 2.05) is 18.2 Å². The lowest BCUT2D eigenvalue weighted by Gasteiger charge is -2.09. The van der Waals surface area contributed by atoms with Crippen LogP contribution in [-0.4, -0.2) is 34.1 Å². The van der Waals surface area contributed by atoms with Crippen LogP contribution in [0.5, 0.6) is 17.5 Å². The summed E-state index contributed by atoms with van der Waals surface area (Å²) < 4.78 is 17.9. The van der Waals surface area contributed by atoms with Crippen molar-refractivity contribution in [2.45, 2.75) is 52.4 Å². The van der Waals surface area contributed by atoms with Crippen LogP contribution in [-0.2, 0) is 0 Å². The first-order valence-corrected chi connectivity index (χ1v) is 10.1. The SMILES string of the molecule is CC(C)COc1nc(-c2ccc3c(c2)OCO3)n(C(=O)CCC2CCCC2)n1. The quantitative estimate of drug-likeness (QED) is 0.707. The van der Waals surface area contributed by atoms with E-state index in [-0.39, 0.29) is 18.7 Å². The van der Waals surface area contributed by atoms with Gasteiger partial charge in [0.15, 0.2) is 17.3 Å². The average Bonchev–Trinajstić information content (AvgIpc) is 3.44. The first kappa shape index (κ1) is 18.8. The first-order chi connectivity index (χ1) is 13.6. The molecule has 0 N–H and O–H groups in total. The van der Waals surface area contributed by atoms with Gasteiger partial charge in [-0.15, -0.1) is 5.10 Å². The Bertz CT molecular complexity index is 840. The van der Waals surface area contributed by atoms with Gasteiger partial charge in [0.2, 0.25) is 12.7 Å². The summed E-state index contributed by atoms with van der Waals surface area (Å²) in [6, 6.07) is 5.76. The van der Waals surface area contributed by atoms with Crippen LogP contribution in [0.3, 0.4) is 0 Å². The van der Waals surface area contributed by atoms with Gasteiger partial charge in [0, 0.05) is 12.0 Å². The molecule has 0 radical (unpaired) electrons. The fourth-order valence-electron chi connectivity index (χ4n) is 3.72. The molecule has 0 bridgehead atoms. The first-order valence-electron chi connectivity index (χ1n) is 10.1. The molecule has 0 amide bonds. The summed E-state index contributed by atoms with van der Waals surface area (Å²) in [5, 5.41) is 4.36. The highest BCUT2D eigenvalue weighted by atomic mass is 16.7. The zero-order valence-electron chi connectivity index (χ0n) is 16.5. The highest BCUT2D eigenvalue weighted by molar-refractivity contribution is 5.82. The number of benzene rings is 1. The van der Waals surface area contributed by atoms with Gasteiger partial charge in [-0.1, -0.05) is 39.5 Å². The van der Waals surface area contributed by atoms with Gasteiger partial charge in [-0.05, 0) is 36.5 Å². The van der Waals surface area contributed by atoms with Crippen LogP contribution in [0, 0.1) is 11.8 Å². The Labute approximate surface area is 165 Å². The molecule has 0 spiro atoms. The Balaban J connectivity index is 1.58. The number of carbonyl (C=O) groups is 1. The second-order valence-corrected chi connectivity index (χ2v) is 7.99. The monoisotopic (exact) mass is 385 g/mol. The van der Waals surface area contributed by atoms with Crippen molar-refractivity contribution in [3.8, 4) is 28.9 Å². The number of aromatic nitrogens is 3. The Morgan fingerprint density at radius 3 is 2.82 bits per heavy atom. The van der Waals surface area contributed by atoms with Crippen molar-refractivity contribution in [3.63, 3.8) is 0 Å². The Kier molecular flexibility index (Phi) is 5.50. The van der Waals surface area contributed by atoms with Gasteiger partial charge in [-0.3, -0.25) is 4.79 Å². The predicted molar refractivity (Wildman–Crippen MR) is 104 cm³/mol. The predicted octanol–water partition coefficient (Wildman–Crippen LogP) is 4.32. The van der Waals surface area contributed by atoms with Crippen LogP contribution in [0.15, 0.2) is 18.2 Å². The van der Waals surface area contributed by atoms with E-state index >= 15 is 0 Å². The van der Waals surface area contributed by atoms with Gasteiger partial charge in [0.1, 0.15) is 0 Å². The molecule has 1 saturated carbocycles. The lowest BCUT2D eigenvalue weighted by molar-refractivity contribution is 0.0876. The second-order valence-electron chi connectivity index (χ2n) is 7.99. The zero-order chi connectivity index (χ0) is 19.5. The molecule has 1 aliphatic heterocycles. The lowest BCUT2D eigenvalue weighted by Crippen LogP contribution is -2.15. The normalized spacial score (nSPS) is 16.1. The van der Waals surface area contributed by atoms with Crippen molar-refractivity contribution in [2.24, 2.45) is 11.8 Å². The third-order valence-electron chi connectivity index (χ3n) is 5.24. The van der Waals surface area contributed by atoms with E-state index in [0.717, 1.165) is 12.0 Å². The van der Waals surface area contributed by atoms with Gasteiger partial charge < -0.3 is 14.2 Å². The summed E-state index contributed by atoms with van der Waals surface area (Å²) >= 11 is 0. The maximum atomic E-state index is 12.9. The highest BCUT2D eigenvalue weighted by Gasteiger charge is 2.23. The molecule has 1 aromatic carbocycles. The average molecular weight is 385 g/mol. The topological polar surface area (TPSA) is 75.5 Å².